The third-order valence-corrected chi connectivity index (χ3v) is 2.84. The highest BCUT2D eigenvalue weighted by Crippen LogP contribution is 2.18. The highest BCUT2D eigenvalue weighted by Gasteiger charge is 2.04. The number of aryl methyl sites for hydroxylation is 1. The first-order chi connectivity index (χ1) is 9.31. The fraction of sp³-hybridized carbons (Fsp3) is 0.0667. The Kier molecular flexibility index (Phi) is 2.98. The lowest BCUT2D eigenvalue weighted by Gasteiger charge is -2.01. The molecular formula is C15H14N4. The van der Waals surface area contributed by atoms with E-state index in [1.165, 1.54) is 5.56 Å². The summed E-state index contributed by atoms with van der Waals surface area (Å²) in [6, 6.07) is 18.0. The van der Waals surface area contributed by atoms with Crippen molar-refractivity contribution in [2.75, 3.05) is 5.32 Å². The summed E-state index contributed by atoms with van der Waals surface area (Å²) in [4.78, 5) is 4.42. The Morgan fingerprint density at radius 2 is 1.68 bits per heavy atom. The number of aromatic amines is 1. The van der Waals surface area contributed by atoms with Gasteiger partial charge in [-0.3, -0.25) is 5.10 Å². The summed E-state index contributed by atoms with van der Waals surface area (Å²) in [7, 11) is 0. The van der Waals surface area contributed by atoms with Crippen LogP contribution >= 0.6 is 0 Å². The monoisotopic (exact) mass is 250 g/mol. The predicted octanol–water partition coefficient (Wildman–Crippen LogP) is 3.52. The molecule has 0 saturated carbocycles. The molecule has 1 aromatic heterocycles. The summed E-state index contributed by atoms with van der Waals surface area (Å²) < 4.78 is 0. The Morgan fingerprint density at radius 3 is 2.42 bits per heavy atom. The van der Waals surface area contributed by atoms with Gasteiger partial charge in [-0.05, 0) is 19.1 Å². The van der Waals surface area contributed by atoms with Crippen LogP contribution < -0.4 is 5.32 Å². The van der Waals surface area contributed by atoms with Gasteiger partial charge in [-0.25, -0.2) is 0 Å². The van der Waals surface area contributed by atoms with Gasteiger partial charge < -0.3 is 5.32 Å². The maximum absolute atomic E-state index is 4.42. The second-order valence-corrected chi connectivity index (χ2v) is 4.36. The van der Waals surface area contributed by atoms with Crippen molar-refractivity contribution in [3.63, 3.8) is 0 Å². The van der Waals surface area contributed by atoms with Gasteiger partial charge in [0.05, 0.1) is 0 Å². The highest BCUT2D eigenvalue weighted by molar-refractivity contribution is 5.59. The first-order valence-electron chi connectivity index (χ1n) is 6.13. The smallest absolute Gasteiger partial charge is 0.246 e. The molecule has 2 N–H and O–H groups in total. The first kappa shape index (κ1) is 11.5. The fourth-order valence-corrected chi connectivity index (χ4v) is 1.81. The first-order valence-corrected chi connectivity index (χ1v) is 6.13. The van der Waals surface area contributed by atoms with Crippen molar-refractivity contribution in [3.8, 4) is 11.4 Å². The van der Waals surface area contributed by atoms with E-state index < -0.39 is 0 Å². The zero-order valence-corrected chi connectivity index (χ0v) is 10.6. The summed E-state index contributed by atoms with van der Waals surface area (Å²) in [5.74, 6) is 1.33. The average Bonchev–Trinajstić information content (AvgIpc) is 2.91. The molecule has 3 rings (SSSR count). The molecule has 2 aromatic carbocycles. The summed E-state index contributed by atoms with van der Waals surface area (Å²) in [6.07, 6.45) is 0. The van der Waals surface area contributed by atoms with Crippen molar-refractivity contribution < 1.29 is 0 Å². The van der Waals surface area contributed by atoms with E-state index in [1.54, 1.807) is 0 Å². The second kappa shape index (κ2) is 4.94. The Morgan fingerprint density at radius 1 is 0.947 bits per heavy atom. The third-order valence-electron chi connectivity index (χ3n) is 2.84. The van der Waals surface area contributed by atoms with Gasteiger partial charge in [0, 0.05) is 11.3 Å². The van der Waals surface area contributed by atoms with Gasteiger partial charge in [0.1, 0.15) is 0 Å². The van der Waals surface area contributed by atoms with Crippen LogP contribution in [-0.2, 0) is 0 Å². The summed E-state index contributed by atoms with van der Waals surface area (Å²) >= 11 is 0. The SMILES string of the molecule is Cc1ccc(Nc2n[nH]c(-c3ccccc3)n2)cc1. The molecule has 4 nitrogen and oxygen atoms in total. The number of aromatic nitrogens is 3. The van der Waals surface area contributed by atoms with Crippen molar-refractivity contribution in [3.05, 3.63) is 60.2 Å². The van der Waals surface area contributed by atoms with Crippen LogP contribution in [0.3, 0.4) is 0 Å². The predicted molar refractivity (Wildman–Crippen MR) is 76.3 cm³/mol. The van der Waals surface area contributed by atoms with Crippen LogP contribution in [-0.4, -0.2) is 15.2 Å². The Labute approximate surface area is 111 Å². The number of nitrogens with zero attached hydrogens (tertiary/aromatic N) is 2. The number of hydrogen-bond donors (Lipinski definition) is 2. The maximum atomic E-state index is 4.42. The molecule has 0 saturated heterocycles. The topological polar surface area (TPSA) is 53.6 Å². The molecule has 0 fully saturated rings. The Bertz CT molecular complexity index is 656. The molecule has 4 heteroatoms. The van der Waals surface area contributed by atoms with E-state index in [-0.39, 0.29) is 0 Å². The normalized spacial score (nSPS) is 10.4. The van der Waals surface area contributed by atoms with E-state index in [4.69, 9.17) is 0 Å². The van der Waals surface area contributed by atoms with Gasteiger partial charge in [0.25, 0.3) is 0 Å². The van der Waals surface area contributed by atoms with Crippen molar-refractivity contribution in [2.24, 2.45) is 0 Å². The minimum absolute atomic E-state index is 0.572. The molecule has 0 aliphatic heterocycles. The number of anilines is 2. The summed E-state index contributed by atoms with van der Waals surface area (Å²) in [6.45, 7) is 2.06. The Balaban J connectivity index is 1.80. The second-order valence-electron chi connectivity index (χ2n) is 4.36. The van der Waals surface area contributed by atoms with Gasteiger partial charge in [-0.15, -0.1) is 5.10 Å². The molecule has 3 aromatic rings. The van der Waals surface area contributed by atoms with E-state index in [2.05, 4.69) is 27.4 Å². The van der Waals surface area contributed by atoms with E-state index in [1.807, 2.05) is 54.6 Å². The molecule has 0 spiro atoms. The molecule has 0 aliphatic rings. The van der Waals surface area contributed by atoms with Crippen molar-refractivity contribution in [1.29, 1.82) is 0 Å². The number of benzene rings is 2. The van der Waals surface area contributed by atoms with Crippen molar-refractivity contribution >= 4 is 11.6 Å². The lowest BCUT2D eigenvalue weighted by molar-refractivity contribution is 1.10. The van der Waals surface area contributed by atoms with Crippen LogP contribution in [0, 0.1) is 6.92 Å². The zero-order valence-electron chi connectivity index (χ0n) is 10.6. The fourth-order valence-electron chi connectivity index (χ4n) is 1.81. The van der Waals surface area contributed by atoms with Gasteiger partial charge in [-0.1, -0.05) is 48.0 Å². The summed E-state index contributed by atoms with van der Waals surface area (Å²) in [5, 5.41) is 10.3. The van der Waals surface area contributed by atoms with Crippen LogP contribution in [0.1, 0.15) is 5.56 Å². The largest absolute Gasteiger partial charge is 0.323 e. The van der Waals surface area contributed by atoms with Crippen LogP contribution in [0.25, 0.3) is 11.4 Å². The molecule has 19 heavy (non-hydrogen) atoms. The van der Waals surface area contributed by atoms with Crippen molar-refractivity contribution in [2.45, 2.75) is 6.92 Å². The molecule has 0 aliphatic carbocycles. The van der Waals surface area contributed by atoms with Crippen molar-refractivity contribution in [1.82, 2.24) is 15.2 Å². The van der Waals surface area contributed by atoms with Gasteiger partial charge in [-0.2, -0.15) is 4.98 Å². The minimum atomic E-state index is 0.572. The highest BCUT2D eigenvalue weighted by atomic mass is 15.3. The molecule has 0 amide bonds. The molecule has 0 unspecified atom stereocenters. The quantitative estimate of drug-likeness (QED) is 0.747. The molecule has 0 radical (unpaired) electrons. The number of rotatable bonds is 3. The number of hydrogen-bond acceptors (Lipinski definition) is 3. The molecule has 94 valence electrons. The zero-order chi connectivity index (χ0) is 13.1. The Hall–Kier alpha value is -2.62. The number of nitrogens with one attached hydrogen (secondary N) is 2. The lowest BCUT2D eigenvalue weighted by Crippen LogP contribution is -1.92. The maximum Gasteiger partial charge on any atom is 0.246 e. The van der Waals surface area contributed by atoms with Gasteiger partial charge in [0.2, 0.25) is 5.95 Å². The van der Waals surface area contributed by atoms with E-state index in [0.29, 0.717) is 5.95 Å². The third kappa shape index (κ3) is 2.63. The average molecular weight is 250 g/mol. The molecule has 0 bridgehead atoms. The van der Waals surface area contributed by atoms with Crippen LogP contribution in [0.5, 0.6) is 0 Å². The van der Waals surface area contributed by atoms with Crippen LogP contribution in [0.2, 0.25) is 0 Å². The molecule has 0 atom stereocenters. The molecular weight excluding hydrogens is 236 g/mol. The number of H-pyrrole nitrogens is 1. The standard InChI is InChI=1S/C15H14N4/c1-11-7-9-13(10-8-11)16-15-17-14(18-19-15)12-5-3-2-4-6-12/h2-10H,1H3,(H2,16,17,18,19). The van der Waals surface area contributed by atoms with E-state index in [9.17, 15) is 0 Å². The lowest BCUT2D eigenvalue weighted by atomic mass is 10.2. The minimum Gasteiger partial charge on any atom is -0.323 e. The molecule has 1 heterocycles. The van der Waals surface area contributed by atoms with E-state index >= 15 is 0 Å². The van der Waals surface area contributed by atoms with E-state index in [0.717, 1.165) is 17.1 Å². The van der Waals surface area contributed by atoms with Crippen LogP contribution in [0.4, 0.5) is 11.6 Å². The summed E-state index contributed by atoms with van der Waals surface area (Å²) in [5.41, 5.74) is 3.22. The van der Waals surface area contributed by atoms with Crippen LogP contribution in [0.15, 0.2) is 54.6 Å². The van der Waals surface area contributed by atoms with Gasteiger partial charge in [0.15, 0.2) is 5.82 Å². The van der Waals surface area contributed by atoms with Gasteiger partial charge >= 0.3 is 0 Å².